The summed E-state index contributed by atoms with van der Waals surface area (Å²) < 4.78 is 0. The van der Waals surface area contributed by atoms with Crippen molar-refractivity contribution in [3.8, 4) is 0 Å². The molecule has 1 heterocycles. The Balaban J connectivity index is 2.58. The van der Waals surface area contributed by atoms with Crippen LogP contribution in [0.5, 0.6) is 0 Å². The second kappa shape index (κ2) is 5.85. The predicted octanol–water partition coefficient (Wildman–Crippen LogP) is 0.551. The molecule has 1 aliphatic heterocycles. The number of carbonyl (C=O) groups excluding carboxylic acids is 2. The summed E-state index contributed by atoms with van der Waals surface area (Å²) in [4.78, 5) is 24.1. The van der Waals surface area contributed by atoms with Gasteiger partial charge < -0.3 is 10.5 Å². The summed E-state index contributed by atoms with van der Waals surface area (Å²) in [5.41, 5.74) is 5.37. The number of carbonyl (C=O) groups is 2. The molecule has 0 aromatic rings. The van der Waals surface area contributed by atoms with E-state index in [0.717, 1.165) is 38.5 Å². The third kappa shape index (κ3) is 3.30. The van der Waals surface area contributed by atoms with Gasteiger partial charge in [-0.1, -0.05) is 13.3 Å². The van der Waals surface area contributed by atoms with Crippen LogP contribution in [-0.2, 0) is 9.59 Å². The van der Waals surface area contributed by atoms with Gasteiger partial charge in [0.1, 0.15) is 6.29 Å². The Labute approximate surface area is 90.8 Å². The highest BCUT2D eigenvalue weighted by molar-refractivity contribution is 5.79. The Morgan fingerprint density at radius 2 is 2.40 bits per heavy atom. The molecule has 2 N–H and O–H groups in total. The number of nitrogens with zero attached hydrogens (tertiary/aromatic N) is 1. The van der Waals surface area contributed by atoms with Gasteiger partial charge in [-0.3, -0.25) is 9.69 Å². The van der Waals surface area contributed by atoms with Crippen molar-refractivity contribution in [1.29, 1.82) is 0 Å². The molecule has 2 unspecified atom stereocenters. The Hall–Kier alpha value is -0.900. The Morgan fingerprint density at radius 3 is 2.93 bits per heavy atom. The molecular weight excluding hydrogens is 192 g/mol. The van der Waals surface area contributed by atoms with Crippen molar-refractivity contribution in [2.24, 2.45) is 11.7 Å². The van der Waals surface area contributed by atoms with Crippen LogP contribution in [0.15, 0.2) is 0 Å². The largest absolute Gasteiger partial charge is 0.368 e. The van der Waals surface area contributed by atoms with E-state index in [9.17, 15) is 9.59 Å². The number of hydrogen-bond donors (Lipinski definition) is 1. The highest BCUT2D eigenvalue weighted by Gasteiger charge is 2.28. The summed E-state index contributed by atoms with van der Waals surface area (Å²) in [6, 6.07) is -0.183. The number of rotatable bonds is 5. The minimum absolute atomic E-state index is 0.0810. The number of nitrogens with two attached hydrogens (primary N) is 1. The Morgan fingerprint density at radius 1 is 1.67 bits per heavy atom. The van der Waals surface area contributed by atoms with Crippen molar-refractivity contribution in [2.45, 2.75) is 38.6 Å². The van der Waals surface area contributed by atoms with Gasteiger partial charge in [0.2, 0.25) is 5.91 Å². The van der Waals surface area contributed by atoms with Gasteiger partial charge in [-0.25, -0.2) is 0 Å². The lowest BCUT2D eigenvalue weighted by Crippen LogP contribution is -2.49. The first-order valence-corrected chi connectivity index (χ1v) is 5.67. The van der Waals surface area contributed by atoms with Gasteiger partial charge in [-0.2, -0.15) is 0 Å². The summed E-state index contributed by atoms with van der Waals surface area (Å²) in [7, 11) is 0. The van der Waals surface area contributed by atoms with Gasteiger partial charge >= 0.3 is 0 Å². The summed E-state index contributed by atoms with van der Waals surface area (Å²) in [5, 5.41) is 0. The van der Waals surface area contributed by atoms with Crippen LogP contribution in [0.3, 0.4) is 0 Å². The molecular formula is C11H20N2O2. The van der Waals surface area contributed by atoms with Crippen molar-refractivity contribution < 1.29 is 9.59 Å². The van der Waals surface area contributed by atoms with E-state index in [4.69, 9.17) is 5.73 Å². The number of amides is 1. The second-order valence-corrected chi connectivity index (χ2v) is 4.24. The molecule has 15 heavy (non-hydrogen) atoms. The summed E-state index contributed by atoms with van der Waals surface area (Å²) in [5.74, 6) is -0.180. The van der Waals surface area contributed by atoms with Crippen LogP contribution in [0.1, 0.15) is 32.6 Å². The molecule has 0 radical (unpaired) electrons. The van der Waals surface area contributed by atoms with Gasteiger partial charge in [-0.05, 0) is 25.8 Å². The molecule has 0 saturated carbocycles. The van der Waals surface area contributed by atoms with Gasteiger partial charge in [0, 0.05) is 12.5 Å². The Bertz CT molecular complexity index is 231. The second-order valence-electron chi connectivity index (χ2n) is 4.24. The first kappa shape index (κ1) is 12.2. The van der Waals surface area contributed by atoms with Crippen LogP contribution < -0.4 is 5.73 Å². The molecule has 1 fully saturated rings. The van der Waals surface area contributed by atoms with E-state index in [-0.39, 0.29) is 17.9 Å². The fraction of sp³-hybridized carbons (Fsp3) is 0.818. The molecule has 1 saturated heterocycles. The number of hydrogen-bond acceptors (Lipinski definition) is 3. The molecule has 0 bridgehead atoms. The maximum absolute atomic E-state index is 11.3. The molecule has 1 aliphatic rings. The van der Waals surface area contributed by atoms with Crippen LogP contribution in [-0.4, -0.2) is 36.2 Å². The molecule has 4 nitrogen and oxygen atoms in total. The average molecular weight is 212 g/mol. The van der Waals surface area contributed by atoms with Gasteiger partial charge in [0.15, 0.2) is 0 Å². The number of aldehydes is 1. The van der Waals surface area contributed by atoms with Crippen molar-refractivity contribution in [1.82, 2.24) is 4.90 Å². The zero-order chi connectivity index (χ0) is 11.3. The van der Waals surface area contributed by atoms with Crippen molar-refractivity contribution in [3.05, 3.63) is 0 Å². The highest BCUT2D eigenvalue weighted by Crippen LogP contribution is 2.18. The molecule has 1 rings (SSSR count). The smallest absolute Gasteiger partial charge is 0.234 e. The van der Waals surface area contributed by atoms with E-state index in [2.05, 4.69) is 4.90 Å². The van der Waals surface area contributed by atoms with Crippen molar-refractivity contribution in [2.75, 3.05) is 13.1 Å². The van der Waals surface area contributed by atoms with Crippen LogP contribution in [0, 0.1) is 5.92 Å². The first-order valence-electron chi connectivity index (χ1n) is 5.67. The minimum atomic E-state index is -0.261. The third-order valence-electron chi connectivity index (χ3n) is 3.01. The van der Waals surface area contributed by atoms with E-state index in [1.165, 1.54) is 0 Å². The molecule has 0 spiro atoms. The molecule has 1 amide bonds. The standard InChI is InChI=1S/C11H20N2O2/c1-2-4-10(11(12)15)13-6-3-5-9(7-13)8-14/h8-10H,2-7H2,1H3,(H2,12,15). The fourth-order valence-corrected chi connectivity index (χ4v) is 2.21. The zero-order valence-electron chi connectivity index (χ0n) is 9.32. The monoisotopic (exact) mass is 212 g/mol. The van der Waals surface area contributed by atoms with E-state index in [0.29, 0.717) is 6.54 Å². The van der Waals surface area contributed by atoms with E-state index < -0.39 is 0 Å². The molecule has 0 aliphatic carbocycles. The molecule has 2 atom stereocenters. The maximum Gasteiger partial charge on any atom is 0.234 e. The minimum Gasteiger partial charge on any atom is -0.368 e. The maximum atomic E-state index is 11.3. The number of primary amides is 1. The summed E-state index contributed by atoms with van der Waals surface area (Å²) in [6.07, 6.45) is 4.65. The van der Waals surface area contributed by atoms with E-state index >= 15 is 0 Å². The zero-order valence-corrected chi connectivity index (χ0v) is 9.32. The van der Waals surface area contributed by atoms with E-state index in [1.54, 1.807) is 0 Å². The lowest BCUT2D eigenvalue weighted by atomic mass is 9.97. The summed E-state index contributed by atoms with van der Waals surface area (Å²) >= 11 is 0. The summed E-state index contributed by atoms with van der Waals surface area (Å²) in [6.45, 7) is 3.62. The number of likely N-dealkylation sites (tertiary alicyclic amines) is 1. The van der Waals surface area contributed by atoms with Gasteiger partial charge in [0.05, 0.1) is 6.04 Å². The molecule has 4 heteroatoms. The molecule has 86 valence electrons. The lowest BCUT2D eigenvalue weighted by Gasteiger charge is -2.35. The third-order valence-corrected chi connectivity index (χ3v) is 3.01. The van der Waals surface area contributed by atoms with Crippen molar-refractivity contribution >= 4 is 12.2 Å². The number of piperidine rings is 1. The average Bonchev–Trinajstić information content (AvgIpc) is 2.25. The van der Waals surface area contributed by atoms with Gasteiger partial charge in [-0.15, -0.1) is 0 Å². The fourth-order valence-electron chi connectivity index (χ4n) is 2.21. The van der Waals surface area contributed by atoms with E-state index in [1.807, 2.05) is 6.92 Å². The Kier molecular flexibility index (Phi) is 4.75. The molecule has 0 aromatic carbocycles. The van der Waals surface area contributed by atoms with Crippen LogP contribution in [0.25, 0.3) is 0 Å². The quantitative estimate of drug-likeness (QED) is 0.677. The molecule has 0 aromatic heterocycles. The van der Waals surface area contributed by atoms with Crippen LogP contribution in [0.4, 0.5) is 0 Å². The van der Waals surface area contributed by atoms with Gasteiger partial charge in [0.25, 0.3) is 0 Å². The lowest BCUT2D eigenvalue weighted by molar-refractivity contribution is -0.125. The first-order chi connectivity index (χ1) is 7.19. The van der Waals surface area contributed by atoms with Crippen molar-refractivity contribution in [3.63, 3.8) is 0 Å². The van der Waals surface area contributed by atoms with Crippen LogP contribution in [0.2, 0.25) is 0 Å². The SMILES string of the molecule is CCCC(C(N)=O)N1CCCC(C=O)C1. The highest BCUT2D eigenvalue weighted by atomic mass is 16.1. The van der Waals surface area contributed by atoms with Crippen LogP contribution >= 0.6 is 0 Å². The predicted molar refractivity (Wildman–Crippen MR) is 58.3 cm³/mol. The topological polar surface area (TPSA) is 63.4 Å². The normalized spacial score (nSPS) is 24.7.